The van der Waals surface area contributed by atoms with Crippen LogP contribution in [-0.2, 0) is 11.2 Å². The number of hydrogen-bond donors (Lipinski definition) is 1. The quantitative estimate of drug-likeness (QED) is 0.855. The topological polar surface area (TPSA) is 29.1 Å². The van der Waals surface area contributed by atoms with Crippen LogP contribution in [0.25, 0.3) is 0 Å². The minimum absolute atomic E-state index is 0.252. The number of carbonyl (C=O) groups is 1. The summed E-state index contributed by atoms with van der Waals surface area (Å²) in [5, 5.41) is 5.33. The van der Waals surface area contributed by atoms with E-state index in [9.17, 15) is 4.79 Å². The number of carbonyl (C=O) groups excluding carboxylic acids is 1. The van der Waals surface area contributed by atoms with Gasteiger partial charge in [-0.3, -0.25) is 4.79 Å². The van der Waals surface area contributed by atoms with Crippen molar-refractivity contribution in [1.82, 2.24) is 5.32 Å². The fourth-order valence-electron chi connectivity index (χ4n) is 2.78. The summed E-state index contributed by atoms with van der Waals surface area (Å²) in [6.07, 6.45) is 11.6. The molecule has 0 radical (unpaired) electrons. The minimum Gasteiger partial charge on any atom is -0.353 e. The Balaban J connectivity index is 1.62. The van der Waals surface area contributed by atoms with Crippen LogP contribution in [0.2, 0.25) is 0 Å². The Morgan fingerprint density at radius 3 is 2.63 bits per heavy atom. The number of rotatable bonds is 5. The maximum atomic E-state index is 11.9. The van der Waals surface area contributed by atoms with Crippen LogP contribution in [0.4, 0.5) is 0 Å². The van der Waals surface area contributed by atoms with Crippen molar-refractivity contribution in [3.8, 4) is 0 Å². The summed E-state index contributed by atoms with van der Waals surface area (Å²) in [6, 6.07) is 4.67. The standard InChI is InChI=1S/C16H25NOS/c18-16(12-6-10-15-11-7-13-19-15)17-14-8-4-2-1-3-5-9-14/h7,11,13-14H,1-6,8-10,12H2,(H,17,18). The molecule has 0 atom stereocenters. The molecule has 19 heavy (non-hydrogen) atoms. The van der Waals surface area contributed by atoms with E-state index in [1.54, 1.807) is 11.3 Å². The summed E-state index contributed by atoms with van der Waals surface area (Å²) in [5.41, 5.74) is 0. The first kappa shape index (κ1) is 14.6. The first-order valence-corrected chi connectivity index (χ1v) is 8.54. The number of hydrogen-bond acceptors (Lipinski definition) is 2. The Labute approximate surface area is 120 Å². The maximum absolute atomic E-state index is 11.9. The van der Waals surface area contributed by atoms with Crippen LogP contribution in [0, 0.1) is 0 Å². The van der Waals surface area contributed by atoms with Crippen molar-refractivity contribution in [2.75, 3.05) is 0 Å². The fraction of sp³-hybridized carbons (Fsp3) is 0.688. The molecule has 0 aromatic carbocycles. The lowest BCUT2D eigenvalue weighted by Crippen LogP contribution is -2.35. The monoisotopic (exact) mass is 279 g/mol. The van der Waals surface area contributed by atoms with E-state index in [1.807, 2.05) is 0 Å². The van der Waals surface area contributed by atoms with E-state index in [4.69, 9.17) is 0 Å². The lowest BCUT2D eigenvalue weighted by atomic mass is 9.96. The Bertz CT molecular complexity index is 353. The zero-order chi connectivity index (χ0) is 13.3. The van der Waals surface area contributed by atoms with Crippen LogP contribution in [-0.4, -0.2) is 11.9 Å². The second-order valence-electron chi connectivity index (χ2n) is 5.54. The average Bonchev–Trinajstić information content (AvgIpc) is 2.85. The molecule has 1 aromatic rings. The van der Waals surface area contributed by atoms with Gasteiger partial charge in [0.15, 0.2) is 0 Å². The molecular formula is C16H25NOS. The molecule has 1 amide bonds. The van der Waals surface area contributed by atoms with Gasteiger partial charge in [0.1, 0.15) is 0 Å². The largest absolute Gasteiger partial charge is 0.353 e. The summed E-state index contributed by atoms with van der Waals surface area (Å²) in [5.74, 6) is 0.252. The van der Waals surface area contributed by atoms with Gasteiger partial charge in [0.2, 0.25) is 5.91 Å². The average molecular weight is 279 g/mol. The predicted octanol–water partition coefficient (Wildman–Crippen LogP) is 4.30. The van der Waals surface area contributed by atoms with Crippen LogP contribution in [0.3, 0.4) is 0 Å². The molecule has 0 unspecified atom stereocenters. The van der Waals surface area contributed by atoms with Crippen molar-refractivity contribution >= 4 is 17.2 Å². The molecule has 0 aliphatic heterocycles. The smallest absolute Gasteiger partial charge is 0.220 e. The van der Waals surface area contributed by atoms with Crippen molar-refractivity contribution in [1.29, 1.82) is 0 Å². The molecule has 1 heterocycles. The molecule has 1 saturated carbocycles. The normalized spacial score (nSPS) is 17.7. The molecule has 0 bridgehead atoms. The van der Waals surface area contributed by atoms with Gasteiger partial charge >= 0.3 is 0 Å². The van der Waals surface area contributed by atoms with E-state index in [0.29, 0.717) is 12.5 Å². The molecule has 1 N–H and O–H groups in total. The molecule has 2 rings (SSSR count). The van der Waals surface area contributed by atoms with E-state index < -0.39 is 0 Å². The molecular weight excluding hydrogens is 254 g/mol. The molecule has 106 valence electrons. The second-order valence-corrected chi connectivity index (χ2v) is 6.57. The van der Waals surface area contributed by atoms with Gasteiger partial charge in [-0.1, -0.05) is 38.2 Å². The Morgan fingerprint density at radius 1 is 1.21 bits per heavy atom. The van der Waals surface area contributed by atoms with Gasteiger partial charge in [0.25, 0.3) is 0 Å². The predicted molar refractivity (Wildman–Crippen MR) is 81.5 cm³/mol. The highest BCUT2D eigenvalue weighted by Gasteiger charge is 2.13. The lowest BCUT2D eigenvalue weighted by Gasteiger charge is -2.21. The SMILES string of the molecule is O=C(CCCc1cccs1)NC1CCCCCCC1. The van der Waals surface area contributed by atoms with Crippen molar-refractivity contribution in [3.05, 3.63) is 22.4 Å². The van der Waals surface area contributed by atoms with Gasteiger partial charge in [0, 0.05) is 17.3 Å². The third kappa shape index (κ3) is 5.77. The van der Waals surface area contributed by atoms with E-state index in [0.717, 1.165) is 12.8 Å². The maximum Gasteiger partial charge on any atom is 0.220 e. The minimum atomic E-state index is 0.252. The number of nitrogens with one attached hydrogen (secondary N) is 1. The van der Waals surface area contributed by atoms with Crippen LogP contribution in [0.5, 0.6) is 0 Å². The fourth-order valence-corrected chi connectivity index (χ4v) is 3.53. The molecule has 1 aliphatic rings. The zero-order valence-electron chi connectivity index (χ0n) is 11.7. The first-order chi connectivity index (χ1) is 9.34. The van der Waals surface area contributed by atoms with Gasteiger partial charge < -0.3 is 5.32 Å². The van der Waals surface area contributed by atoms with E-state index in [2.05, 4.69) is 22.8 Å². The van der Waals surface area contributed by atoms with Gasteiger partial charge in [-0.2, -0.15) is 0 Å². The third-order valence-corrected chi connectivity index (χ3v) is 4.81. The zero-order valence-corrected chi connectivity index (χ0v) is 12.5. The van der Waals surface area contributed by atoms with Crippen LogP contribution in [0.15, 0.2) is 17.5 Å². The lowest BCUT2D eigenvalue weighted by molar-refractivity contribution is -0.122. The Hall–Kier alpha value is -0.830. The first-order valence-electron chi connectivity index (χ1n) is 7.66. The highest BCUT2D eigenvalue weighted by molar-refractivity contribution is 7.09. The van der Waals surface area contributed by atoms with Crippen molar-refractivity contribution in [2.24, 2.45) is 0 Å². The van der Waals surface area contributed by atoms with Crippen LogP contribution < -0.4 is 5.32 Å². The Morgan fingerprint density at radius 2 is 1.95 bits per heavy atom. The molecule has 0 spiro atoms. The summed E-state index contributed by atoms with van der Waals surface area (Å²) in [6.45, 7) is 0. The van der Waals surface area contributed by atoms with Gasteiger partial charge in [-0.05, 0) is 37.1 Å². The van der Waals surface area contributed by atoms with E-state index in [-0.39, 0.29) is 5.91 Å². The van der Waals surface area contributed by atoms with E-state index in [1.165, 1.54) is 49.8 Å². The second kappa shape index (κ2) is 8.36. The molecule has 3 heteroatoms. The van der Waals surface area contributed by atoms with Crippen LogP contribution >= 0.6 is 11.3 Å². The Kier molecular flexibility index (Phi) is 6.42. The van der Waals surface area contributed by atoms with Gasteiger partial charge in [-0.25, -0.2) is 0 Å². The highest BCUT2D eigenvalue weighted by Crippen LogP contribution is 2.17. The highest BCUT2D eigenvalue weighted by atomic mass is 32.1. The number of amides is 1. The van der Waals surface area contributed by atoms with Crippen LogP contribution in [0.1, 0.15) is 62.7 Å². The number of thiophene rings is 1. The van der Waals surface area contributed by atoms with Crippen molar-refractivity contribution < 1.29 is 4.79 Å². The van der Waals surface area contributed by atoms with Crippen molar-refractivity contribution in [2.45, 2.75) is 70.3 Å². The molecule has 0 saturated heterocycles. The summed E-state index contributed by atoms with van der Waals surface area (Å²) >= 11 is 1.78. The van der Waals surface area contributed by atoms with Gasteiger partial charge in [-0.15, -0.1) is 11.3 Å². The third-order valence-electron chi connectivity index (χ3n) is 3.88. The molecule has 1 aliphatic carbocycles. The summed E-state index contributed by atoms with van der Waals surface area (Å²) in [4.78, 5) is 13.3. The molecule has 2 nitrogen and oxygen atoms in total. The molecule has 1 aromatic heterocycles. The van der Waals surface area contributed by atoms with Crippen molar-refractivity contribution in [3.63, 3.8) is 0 Å². The number of aryl methyl sites for hydroxylation is 1. The summed E-state index contributed by atoms with van der Waals surface area (Å²) < 4.78 is 0. The molecule has 1 fully saturated rings. The summed E-state index contributed by atoms with van der Waals surface area (Å²) in [7, 11) is 0. The van der Waals surface area contributed by atoms with Gasteiger partial charge in [0.05, 0.1) is 0 Å². The van der Waals surface area contributed by atoms with E-state index >= 15 is 0 Å².